The molecule has 0 aliphatic carbocycles. The molecule has 0 spiro atoms. The van der Waals surface area contributed by atoms with Gasteiger partial charge in [0, 0.05) is 17.8 Å². The Hall–Kier alpha value is -3.54. The van der Waals surface area contributed by atoms with E-state index in [2.05, 4.69) is 26.6 Å². The van der Waals surface area contributed by atoms with E-state index in [1.807, 2.05) is 13.8 Å². The van der Waals surface area contributed by atoms with Crippen LogP contribution in [0, 0.1) is 31.0 Å². The second-order valence-corrected chi connectivity index (χ2v) is 6.34. The molecule has 1 amide bonds. The van der Waals surface area contributed by atoms with Crippen molar-refractivity contribution in [3.05, 3.63) is 53.6 Å². The number of carbonyl (C=O) groups excluding carboxylic acids is 1. The van der Waals surface area contributed by atoms with Crippen LogP contribution in [0.2, 0.25) is 0 Å². The Morgan fingerprint density at radius 3 is 2.86 bits per heavy atom. The van der Waals surface area contributed by atoms with Crippen LogP contribution < -0.4 is 5.32 Å². The Kier molecular flexibility index (Phi) is 5.79. The van der Waals surface area contributed by atoms with E-state index in [1.165, 1.54) is 29.5 Å². The van der Waals surface area contributed by atoms with E-state index < -0.39 is 5.82 Å². The normalized spacial score (nSPS) is 10.6. The van der Waals surface area contributed by atoms with Crippen molar-refractivity contribution in [2.45, 2.75) is 39.7 Å². The van der Waals surface area contributed by atoms with Crippen molar-refractivity contribution in [3.63, 3.8) is 0 Å². The first kappa shape index (κ1) is 19.2. The summed E-state index contributed by atoms with van der Waals surface area (Å²) in [5, 5.41) is 19.8. The molecule has 0 fully saturated rings. The molecule has 0 atom stereocenters. The molecule has 0 saturated carbocycles. The van der Waals surface area contributed by atoms with Crippen LogP contribution in [-0.2, 0) is 17.8 Å². The van der Waals surface area contributed by atoms with Gasteiger partial charge in [-0.2, -0.15) is 15.5 Å². The van der Waals surface area contributed by atoms with Gasteiger partial charge in [0.05, 0.1) is 24.7 Å². The third kappa shape index (κ3) is 4.23. The molecule has 3 aromatic rings. The highest BCUT2D eigenvalue weighted by atomic mass is 19.1. The fourth-order valence-corrected chi connectivity index (χ4v) is 3.03. The molecule has 0 unspecified atom stereocenters. The maximum Gasteiger partial charge on any atom is 0.224 e. The molecule has 3 rings (SSSR count). The predicted molar refractivity (Wildman–Crippen MR) is 100 cm³/mol. The monoisotopic (exact) mass is 381 g/mol. The number of nitrogens with one attached hydrogen (secondary N) is 1. The first-order valence-corrected chi connectivity index (χ1v) is 8.84. The topological polar surface area (TPSA) is 101 Å². The van der Waals surface area contributed by atoms with Crippen LogP contribution >= 0.6 is 0 Å². The molecular weight excluding hydrogens is 361 g/mol. The van der Waals surface area contributed by atoms with Crippen molar-refractivity contribution in [1.29, 1.82) is 5.26 Å². The van der Waals surface area contributed by atoms with Gasteiger partial charge in [0.15, 0.2) is 5.82 Å². The van der Waals surface area contributed by atoms with Gasteiger partial charge in [-0.3, -0.25) is 9.48 Å². The summed E-state index contributed by atoms with van der Waals surface area (Å²) >= 11 is 0. The average molecular weight is 381 g/mol. The second-order valence-electron chi connectivity index (χ2n) is 6.34. The van der Waals surface area contributed by atoms with Crippen LogP contribution in [0.15, 0.2) is 30.9 Å². The van der Waals surface area contributed by atoms with Gasteiger partial charge in [0.2, 0.25) is 5.91 Å². The first-order valence-electron chi connectivity index (χ1n) is 8.84. The summed E-state index contributed by atoms with van der Waals surface area (Å²) < 4.78 is 17.4. The lowest BCUT2D eigenvalue weighted by atomic mass is 10.1. The number of aryl methyl sites for hydroxylation is 2. The number of hydrogen-bond donors (Lipinski definition) is 1. The molecule has 28 heavy (non-hydrogen) atoms. The van der Waals surface area contributed by atoms with Crippen LogP contribution in [0.1, 0.15) is 29.8 Å². The first-order chi connectivity index (χ1) is 13.5. The van der Waals surface area contributed by atoms with Crippen LogP contribution in [0.5, 0.6) is 0 Å². The molecule has 0 bridgehead atoms. The number of benzene rings is 1. The third-order valence-corrected chi connectivity index (χ3v) is 4.47. The summed E-state index contributed by atoms with van der Waals surface area (Å²) in [6, 6.07) is 6.51. The van der Waals surface area contributed by atoms with Crippen molar-refractivity contribution >= 4 is 11.6 Å². The van der Waals surface area contributed by atoms with Crippen molar-refractivity contribution < 1.29 is 9.18 Å². The van der Waals surface area contributed by atoms with Crippen LogP contribution in [-0.4, -0.2) is 30.5 Å². The van der Waals surface area contributed by atoms with Crippen molar-refractivity contribution in [2.75, 3.05) is 5.32 Å². The molecule has 144 valence electrons. The number of halogens is 1. The van der Waals surface area contributed by atoms with Crippen LogP contribution in [0.4, 0.5) is 10.1 Å². The number of nitrogens with zero attached hydrogens (tertiary/aromatic N) is 6. The molecule has 1 aromatic carbocycles. The molecule has 0 aliphatic rings. The van der Waals surface area contributed by atoms with E-state index in [0.29, 0.717) is 25.1 Å². The number of amides is 1. The zero-order valence-corrected chi connectivity index (χ0v) is 15.7. The highest BCUT2D eigenvalue weighted by Gasteiger charge is 2.14. The highest BCUT2D eigenvalue weighted by Crippen LogP contribution is 2.19. The lowest BCUT2D eigenvalue weighted by Crippen LogP contribution is -2.13. The summed E-state index contributed by atoms with van der Waals surface area (Å²) in [7, 11) is 0. The van der Waals surface area contributed by atoms with Gasteiger partial charge in [-0.05, 0) is 44.0 Å². The summed E-state index contributed by atoms with van der Waals surface area (Å²) in [5.41, 5.74) is 3.45. The second kappa shape index (κ2) is 8.43. The van der Waals surface area contributed by atoms with Gasteiger partial charge in [-0.25, -0.2) is 14.1 Å². The Bertz CT molecular complexity index is 1020. The van der Waals surface area contributed by atoms with E-state index in [1.54, 1.807) is 10.7 Å². The van der Waals surface area contributed by atoms with Gasteiger partial charge in [0.1, 0.15) is 18.3 Å². The lowest BCUT2D eigenvalue weighted by Gasteiger charge is -2.08. The molecule has 2 heterocycles. The Morgan fingerprint density at radius 1 is 1.36 bits per heavy atom. The van der Waals surface area contributed by atoms with Crippen molar-refractivity contribution in [3.8, 4) is 11.8 Å². The third-order valence-electron chi connectivity index (χ3n) is 4.47. The number of rotatable bonds is 7. The van der Waals surface area contributed by atoms with Gasteiger partial charge in [-0.1, -0.05) is 0 Å². The molecule has 0 radical (unpaired) electrons. The number of hydrogen-bond acceptors (Lipinski definition) is 5. The van der Waals surface area contributed by atoms with Gasteiger partial charge >= 0.3 is 0 Å². The molecule has 9 heteroatoms. The number of aromatic nitrogens is 5. The fraction of sp³-hybridized carbons (Fsp3) is 0.316. The fourth-order valence-electron chi connectivity index (χ4n) is 3.03. The minimum atomic E-state index is -0.506. The summed E-state index contributed by atoms with van der Waals surface area (Å²) in [6.45, 7) is 4.36. The smallest absolute Gasteiger partial charge is 0.224 e. The highest BCUT2D eigenvalue weighted by molar-refractivity contribution is 5.91. The molecule has 1 N–H and O–H groups in total. The van der Waals surface area contributed by atoms with Gasteiger partial charge in [-0.15, -0.1) is 0 Å². The molecule has 0 aliphatic heterocycles. The van der Waals surface area contributed by atoms with E-state index in [9.17, 15) is 9.18 Å². The zero-order chi connectivity index (χ0) is 20.1. The van der Waals surface area contributed by atoms with Crippen molar-refractivity contribution in [2.24, 2.45) is 0 Å². The maximum atomic E-state index is 14.3. The predicted octanol–water partition coefficient (Wildman–Crippen LogP) is 2.70. The SMILES string of the molecule is Cc1nn(CCC#N)c(C)c1CCC(=O)Nc1ccc(-n2cncn2)c(F)c1. The Morgan fingerprint density at radius 2 is 2.18 bits per heavy atom. The van der Waals surface area contributed by atoms with E-state index in [-0.39, 0.29) is 18.0 Å². The number of carbonyl (C=O) groups is 1. The Balaban J connectivity index is 1.61. The van der Waals surface area contributed by atoms with Crippen LogP contribution in [0.25, 0.3) is 5.69 Å². The standard InChI is InChI=1S/C19H20FN7O/c1-13-16(14(2)26(25-13)9-3-8-21)5-7-19(28)24-15-4-6-18(17(20)10-15)27-12-22-11-23-27/h4,6,10-12H,3,5,7,9H2,1-2H3,(H,24,28). The van der Waals surface area contributed by atoms with Crippen LogP contribution in [0.3, 0.4) is 0 Å². The minimum absolute atomic E-state index is 0.212. The Labute approximate surface area is 161 Å². The van der Waals surface area contributed by atoms with Gasteiger partial charge < -0.3 is 5.32 Å². The largest absolute Gasteiger partial charge is 0.326 e. The minimum Gasteiger partial charge on any atom is -0.326 e. The quantitative estimate of drug-likeness (QED) is 0.678. The molecular formula is C19H20FN7O. The number of nitriles is 1. The lowest BCUT2D eigenvalue weighted by molar-refractivity contribution is -0.116. The van der Waals surface area contributed by atoms with E-state index >= 15 is 0 Å². The maximum absolute atomic E-state index is 14.3. The molecule has 0 saturated heterocycles. The summed E-state index contributed by atoms with van der Waals surface area (Å²) in [6.07, 6.45) is 3.88. The van der Waals surface area contributed by atoms with E-state index in [4.69, 9.17) is 5.26 Å². The van der Waals surface area contributed by atoms with Gasteiger partial charge in [0.25, 0.3) is 0 Å². The van der Waals surface area contributed by atoms with Crippen molar-refractivity contribution in [1.82, 2.24) is 24.5 Å². The number of anilines is 1. The molecule has 2 aromatic heterocycles. The average Bonchev–Trinajstić information content (AvgIpc) is 3.27. The van der Waals surface area contributed by atoms with E-state index in [0.717, 1.165) is 17.0 Å². The zero-order valence-electron chi connectivity index (χ0n) is 15.7. The summed E-state index contributed by atoms with van der Waals surface area (Å²) in [4.78, 5) is 16.1. The molecule has 8 nitrogen and oxygen atoms in total. The summed E-state index contributed by atoms with van der Waals surface area (Å²) in [5.74, 6) is -0.717.